The molecule has 0 saturated heterocycles. The molecule has 1 heteroatoms. The highest BCUT2D eigenvalue weighted by Gasteiger charge is 2.50. The minimum atomic E-state index is -0.121. The molecule has 0 radical (unpaired) electrons. The van der Waals surface area contributed by atoms with Crippen LogP contribution in [0.2, 0.25) is 0 Å². The Morgan fingerprint density at radius 3 is 2.41 bits per heavy atom. The lowest BCUT2D eigenvalue weighted by Crippen LogP contribution is -2.35. The molecule has 3 aliphatic carbocycles. The van der Waals surface area contributed by atoms with Crippen molar-refractivity contribution in [1.29, 1.82) is 0 Å². The van der Waals surface area contributed by atoms with E-state index < -0.39 is 0 Å². The highest BCUT2D eigenvalue weighted by atomic mass is 16.3. The smallest absolute Gasteiger partial charge is 0.0577 e. The Labute approximate surface area is 180 Å². The zero-order valence-electron chi connectivity index (χ0n) is 20.0. The van der Waals surface area contributed by atoms with Crippen LogP contribution in [0.5, 0.6) is 0 Å². The van der Waals surface area contributed by atoms with Gasteiger partial charge in [-0.05, 0) is 92.3 Å². The van der Waals surface area contributed by atoms with Crippen LogP contribution in [0.1, 0.15) is 92.9 Å². The fourth-order valence-corrected chi connectivity index (χ4v) is 6.50. The van der Waals surface area contributed by atoms with Gasteiger partial charge in [-0.1, -0.05) is 77.0 Å². The number of aliphatic hydroxyl groups is 1. The van der Waals surface area contributed by atoms with E-state index in [9.17, 15) is 5.11 Å². The third-order valence-electron chi connectivity index (χ3n) is 8.99. The molecule has 7 atom stereocenters. The molecule has 29 heavy (non-hydrogen) atoms. The lowest BCUT2D eigenvalue weighted by Gasteiger charge is -2.44. The Morgan fingerprint density at radius 2 is 1.69 bits per heavy atom. The maximum Gasteiger partial charge on any atom is 0.0577 e. The normalized spacial score (nSPS) is 40.7. The molecule has 3 aliphatic rings. The second-order valence-electron chi connectivity index (χ2n) is 11.3. The first kappa shape index (κ1) is 22.9. The summed E-state index contributed by atoms with van der Waals surface area (Å²) in [4.78, 5) is 0. The Hall–Kier alpha value is -0.820. The maximum atomic E-state index is 10.1. The average Bonchev–Trinajstić information content (AvgIpc) is 3.04. The van der Waals surface area contributed by atoms with Crippen LogP contribution in [0.25, 0.3) is 0 Å². The van der Waals surface area contributed by atoms with Crippen molar-refractivity contribution in [3.05, 3.63) is 35.5 Å². The van der Waals surface area contributed by atoms with E-state index in [2.05, 4.69) is 65.8 Å². The van der Waals surface area contributed by atoms with E-state index in [1.165, 1.54) is 37.7 Å². The lowest BCUT2D eigenvalue weighted by atomic mass is 9.61. The minimum absolute atomic E-state index is 0.121. The first-order valence-electron chi connectivity index (χ1n) is 12.5. The SMILES string of the molecule is CC(C)[C@@H](C)/C=C/[C@@H](C)[C@H]1CC[C@H]2/C(=C/C=C3/CC(O)CC[C@H]3C)CCC[C@]12C. The van der Waals surface area contributed by atoms with Crippen molar-refractivity contribution < 1.29 is 5.11 Å². The second kappa shape index (κ2) is 9.54. The van der Waals surface area contributed by atoms with Crippen molar-refractivity contribution >= 4 is 0 Å². The summed E-state index contributed by atoms with van der Waals surface area (Å²) < 4.78 is 0. The molecule has 3 fully saturated rings. The molecule has 0 aromatic carbocycles. The van der Waals surface area contributed by atoms with Crippen molar-refractivity contribution in [3.8, 4) is 0 Å². The first-order chi connectivity index (χ1) is 13.7. The standard InChI is InChI=1S/C28H46O/c1-19(2)20(3)9-10-22(5)26-15-16-27-23(8-7-17-28(26,27)6)12-13-24-18-25(29)14-11-21(24)4/h9-10,12-13,19-22,25-27,29H,7-8,11,14-18H2,1-6H3/b10-9+,23-12+,24-13-/t20-,21+,22+,25?,26+,27-,28+/m0/s1. The molecule has 1 unspecified atom stereocenters. The highest BCUT2D eigenvalue weighted by molar-refractivity contribution is 5.27. The quantitative estimate of drug-likeness (QED) is 0.470. The highest BCUT2D eigenvalue weighted by Crippen LogP contribution is 2.59. The summed E-state index contributed by atoms with van der Waals surface area (Å²) in [5.41, 5.74) is 3.63. The van der Waals surface area contributed by atoms with E-state index in [0.29, 0.717) is 23.2 Å². The van der Waals surface area contributed by atoms with Crippen molar-refractivity contribution in [2.75, 3.05) is 0 Å². The second-order valence-corrected chi connectivity index (χ2v) is 11.3. The van der Waals surface area contributed by atoms with Gasteiger partial charge in [0.05, 0.1) is 6.10 Å². The summed E-state index contributed by atoms with van der Waals surface area (Å²) in [6.07, 6.45) is 19.5. The number of aliphatic hydroxyl groups excluding tert-OH is 1. The lowest BCUT2D eigenvalue weighted by molar-refractivity contribution is 0.112. The molecule has 1 N–H and O–H groups in total. The molecular formula is C28H46O. The molecular weight excluding hydrogens is 352 g/mol. The van der Waals surface area contributed by atoms with Gasteiger partial charge in [-0.15, -0.1) is 0 Å². The van der Waals surface area contributed by atoms with Crippen molar-refractivity contribution in [2.45, 2.75) is 99.0 Å². The van der Waals surface area contributed by atoms with Gasteiger partial charge in [0.1, 0.15) is 0 Å². The first-order valence-corrected chi connectivity index (χ1v) is 12.5. The van der Waals surface area contributed by atoms with Gasteiger partial charge >= 0.3 is 0 Å². The summed E-state index contributed by atoms with van der Waals surface area (Å²) >= 11 is 0. The van der Waals surface area contributed by atoms with Gasteiger partial charge in [0.15, 0.2) is 0 Å². The van der Waals surface area contributed by atoms with Gasteiger partial charge in [0, 0.05) is 0 Å². The van der Waals surface area contributed by atoms with Gasteiger partial charge in [0.25, 0.3) is 0 Å². The Morgan fingerprint density at radius 1 is 0.966 bits per heavy atom. The molecule has 0 spiro atoms. The van der Waals surface area contributed by atoms with Gasteiger partial charge in [-0.3, -0.25) is 0 Å². The largest absolute Gasteiger partial charge is 0.393 e. The zero-order chi connectivity index (χ0) is 21.2. The monoisotopic (exact) mass is 398 g/mol. The number of hydrogen-bond acceptors (Lipinski definition) is 1. The summed E-state index contributed by atoms with van der Waals surface area (Å²) in [5, 5.41) is 10.1. The predicted molar refractivity (Wildman–Crippen MR) is 126 cm³/mol. The van der Waals surface area contributed by atoms with Gasteiger partial charge < -0.3 is 5.11 Å². The molecule has 0 aromatic rings. The molecule has 3 rings (SSSR count). The summed E-state index contributed by atoms with van der Waals surface area (Å²) in [6, 6.07) is 0. The predicted octanol–water partition coefficient (Wildman–Crippen LogP) is 7.72. The Kier molecular flexibility index (Phi) is 7.52. The van der Waals surface area contributed by atoms with Crippen LogP contribution in [0, 0.1) is 40.9 Å². The number of hydrogen-bond donors (Lipinski definition) is 1. The van der Waals surface area contributed by atoms with E-state index in [4.69, 9.17) is 0 Å². The van der Waals surface area contributed by atoms with Gasteiger partial charge in [0.2, 0.25) is 0 Å². The summed E-state index contributed by atoms with van der Waals surface area (Å²) in [7, 11) is 0. The van der Waals surface area contributed by atoms with Crippen LogP contribution in [0.3, 0.4) is 0 Å². The van der Waals surface area contributed by atoms with Crippen LogP contribution >= 0.6 is 0 Å². The van der Waals surface area contributed by atoms with Crippen LogP contribution in [0.4, 0.5) is 0 Å². The average molecular weight is 399 g/mol. The van der Waals surface area contributed by atoms with E-state index in [0.717, 1.165) is 37.0 Å². The molecule has 0 aromatic heterocycles. The molecule has 0 amide bonds. The minimum Gasteiger partial charge on any atom is -0.393 e. The third kappa shape index (κ3) is 5.09. The van der Waals surface area contributed by atoms with Crippen LogP contribution in [-0.2, 0) is 0 Å². The van der Waals surface area contributed by atoms with E-state index in [1.54, 1.807) is 5.57 Å². The number of fused-ring (bicyclic) bond motifs is 1. The van der Waals surface area contributed by atoms with Crippen LogP contribution in [-0.4, -0.2) is 11.2 Å². The fourth-order valence-electron chi connectivity index (χ4n) is 6.50. The van der Waals surface area contributed by atoms with E-state index in [-0.39, 0.29) is 6.10 Å². The maximum absolute atomic E-state index is 10.1. The molecule has 1 nitrogen and oxygen atoms in total. The van der Waals surface area contributed by atoms with Crippen LogP contribution in [0.15, 0.2) is 35.5 Å². The topological polar surface area (TPSA) is 20.2 Å². The molecule has 3 saturated carbocycles. The molecule has 164 valence electrons. The zero-order valence-corrected chi connectivity index (χ0v) is 20.0. The van der Waals surface area contributed by atoms with Crippen LogP contribution < -0.4 is 0 Å². The summed E-state index contributed by atoms with van der Waals surface area (Å²) in [6.45, 7) is 14.4. The third-order valence-corrected chi connectivity index (χ3v) is 8.99. The molecule has 0 aliphatic heterocycles. The summed E-state index contributed by atoms with van der Waals surface area (Å²) in [5.74, 6) is 4.29. The molecule has 0 heterocycles. The van der Waals surface area contributed by atoms with Crippen molar-refractivity contribution in [3.63, 3.8) is 0 Å². The Bertz CT molecular complexity index is 639. The number of rotatable bonds is 5. The van der Waals surface area contributed by atoms with E-state index in [1.807, 2.05) is 0 Å². The fraction of sp³-hybridized carbons (Fsp3) is 0.786. The van der Waals surface area contributed by atoms with Crippen molar-refractivity contribution in [2.24, 2.45) is 40.9 Å². The number of allylic oxidation sites excluding steroid dienone is 5. The molecule has 0 bridgehead atoms. The van der Waals surface area contributed by atoms with E-state index >= 15 is 0 Å². The van der Waals surface area contributed by atoms with Crippen molar-refractivity contribution in [1.82, 2.24) is 0 Å². The van der Waals surface area contributed by atoms with Gasteiger partial charge in [-0.2, -0.15) is 0 Å². The Balaban J connectivity index is 1.74. The van der Waals surface area contributed by atoms with Gasteiger partial charge in [-0.25, -0.2) is 0 Å².